The molecule has 3 rings (SSSR count). The molecule has 1 aliphatic rings. The van der Waals surface area contributed by atoms with Gasteiger partial charge in [-0.3, -0.25) is 0 Å². The molecular weight excluding hydrogens is 256 g/mol. The first-order valence-corrected chi connectivity index (χ1v) is 6.56. The number of hydrogen-bond donors (Lipinski definition) is 1. The Morgan fingerprint density at radius 2 is 2.00 bits per heavy atom. The lowest BCUT2D eigenvalue weighted by molar-refractivity contribution is 0.174. The Bertz CT molecular complexity index is 655. The van der Waals surface area contributed by atoms with E-state index >= 15 is 0 Å². The van der Waals surface area contributed by atoms with E-state index in [9.17, 15) is 5.11 Å². The van der Waals surface area contributed by atoms with Gasteiger partial charge in [-0.2, -0.15) is 0 Å². The van der Waals surface area contributed by atoms with Gasteiger partial charge in [0.05, 0.1) is 12.1 Å². The number of fused-ring (bicyclic) bond motifs is 2. The Morgan fingerprint density at radius 3 is 2.70 bits per heavy atom. The Kier molecular flexibility index (Phi) is 2.94. The van der Waals surface area contributed by atoms with Crippen LogP contribution >= 0.6 is 0 Å². The first-order chi connectivity index (χ1) is 9.53. The molecule has 0 saturated carbocycles. The number of hydrogen-bond acceptors (Lipinski definition) is 5. The highest BCUT2D eigenvalue weighted by molar-refractivity contribution is 5.95. The number of ether oxygens (including phenoxy) is 2. The van der Waals surface area contributed by atoms with Gasteiger partial charge in [0.1, 0.15) is 5.82 Å². The summed E-state index contributed by atoms with van der Waals surface area (Å²) in [4.78, 5) is 6.45. The predicted octanol–water partition coefficient (Wildman–Crippen LogP) is 2.17. The van der Waals surface area contributed by atoms with E-state index in [1.54, 1.807) is 6.20 Å². The monoisotopic (exact) mass is 274 g/mol. The first kappa shape index (κ1) is 13.0. The van der Waals surface area contributed by atoms with E-state index in [0.29, 0.717) is 0 Å². The van der Waals surface area contributed by atoms with Crippen LogP contribution in [0.4, 0.5) is 5.82 Å². The lowest BCUT2D eigenvalue weighted by atomic mass is 10.0. The maximum Gasteiger partial charge on any atom is 0.231 e. The Morgan fingerprint density at radius 1 is 1.30 bits per heavy atom. The van der Waals surface area contributed by atoms with E-state index in [2.05, 4.69) is 4.98 Å². The number of aliphatic hydroxyl groups is 1. The molecule has 5 heteroatoms. The highest BCUT2D eigenvalue weighted by atomic mass is 16.7. The smallest absolute Gasteiger partial charge is 0.231 e. The fraction of sp³-hybridized carbons (Fsp3) is 0.400. The second-order valence-corrected chi connectivity index (χ2v) is 5.59. The molecule has 1 aromatic carbocycles. The van der Waals surface area contributed by atoms with Gasteiger partial charge in [0.2, 0.25) is 6.79 Å². The maximum absolute atomic E-state index is 9.54. The van der Waals surface area contributed by atoms with E-state index in [4.69, 9.17) is 9.47 Å². The number of rotatable bonds is 3. The first-order valence-electron chi connectivity index (χ1n) is 6.56. The van der Waals surface area contributed by atoms with Crippen molar-refractivity contribution in [3.8, 4) is 11.5 Å². The molecule has 0 bridgehead atoms. The molecule has 2 heterocycles. The fourth-order valence-corrected chi connectivity index (χ4v) is 2.21. The van der Waals surface area contributed by atoms with Crippen molar-refractivity contribution in [3.05, 3.63) is 24.4 Å². The molecule has 106 valence electrons. The van der Waals surface area contributed by atoms with Gasteiger partial charge in [-0.15, -0.1) is 0 Å². The molecule has 5 nitrogen and oxygen atoms in total. The predicted molar refractivity (Wildman–Crippen MR) is 77.4 cm³/mol. The zero-order valence-corrected chi connectivity index (χ0v) is 11.9. The van der Waals surface area contributed by atoms with Crippen LogP contribution in [0.25, 0.3) is 10.8 Å². The zero-order chi connectivity index (χ0) is 14.3. The Hall–Kier alpha value is -2.01. The molecule has 1 aromatic heterocycles. The number of nitrogens with zero attached hydrogens (tertiary/aromatic N) is 2. The molecule has 0 unspecified atom stereocenters. The molecule has 0 saturated heterocycles. The average Bonchev–Trinajstić information content (AvgIpc) is 2.90. The van der Waals surface area contributed by atoms with Crippen LogP contribution in [0.3, 0.4) is 0 Å². The second-order valence-electron chi connectivity index (χ2n) is 5.59. The average molecular weight is 274 g/mol. The van der Waals surface area contributed by atoms with Crippen LogP contribution in [-0.4, -0.2) is 36.1 Å². The topological polar surface area (TPSA) is 54.8 Å². The molecule has 0 spiro atoms. The van der Waals surface area contributed by atoms with E-state index in [1.807, 2.05) is 44.0 Å². The molecular formula is C15H18N2O3. The summed E-state index contributed by atoms with van der Waals surface area (Å²) in [5.41, 5.74) is -0.391. The van der Waals surface area contributed by atoms with Crippen LogP contribution in [0.1, 0.15) is 13.8 Å². The summed E-state index contributed by atoms with van der Waals surface area (Å²) in [5, 5.41) is 11.6. The fourth-order valence-electron chi connectivity index (χ4n) is 2.21. The third-order valence-electron chi connectivity index (χ3n) is 3.85. The van der Waals surface area contributed by atoms with Crippen LogP contribution in [0.5, 0.6) is 11.5 Å². The van der Waals surface area contributed by atoms with Gasteiger partial charge < -0.3 is 19.5 Å². The second kappa shape index (κ2) is 4.52. The summed E-state index contributed by atoms with van der Waals surface area (Å²) in [5.74, 6) is 2.32. The van der Waals surface area contributed by atoms with Gasteiger partial charge in [-0.25, -0.2) is 4.98 Å². The normalized spacial score (nSPS) is 13.8. The van der Waals surface area contributed by atoms with E-state index < -0.39 is 5.54 Å². The van der Waals surface area contributed by atoms with Crippen molar-refractivity contribution >= 4 is 16.6 Å². The number of likely N-dealkylation sites (N-methyl/N-ethyl adjacent to an activating group) is 1. The highest BCUT2D eigenvalue weighted by Gasteiger charge is 2.26. The summed E-state index contributed by atoms with van der Waals surface area (Å²) < 4.78 is 10.8. The SMILES string of the molecule is CN(c1nccc2cc3c(cc12)OCO3)C(C)(C)CO. The van der Waals surface area contributed by atoms with Crippen LogP contribution in [0, 0.1) is 0 Å². The number of aromatic nitrogens is 1. The van der Waals surface area contributed by atoms with Gasteiger partial charge >= 0.3 is 0 Å². The Labute approximate surface area is 117 Å². The standard InChI is InChI=1S/C15H18N2O3/c1-15(2,8-18)17(3)14-11-7-13-12(19-9-20-13)6-10(11)4-5-16-14/h4-7,18H,8-9H2,1-3H3. The van der Waals surface area contributed by atoms with Crippen molar-refractivity contribution in [2.45, 2.75) is 19.4 Å². The van der Waals surface area contributed by atoms with E-state index in [1.165, 1.54) is 0 Å². The van der Waals surface area contributed by atoms with Gasteiger partial charge in [-0.1, -0.05) is 0 Å². The molecule has 0 amide bonds. The lowest BCUT2D eigenvalue weighted by Gasteiger charge is -2.35. The maximum atomic E-state index is 9.54. The summed E-state index contributed by atoms with van der Waals surface area (Å²) in [6.07, 6.45) is 1.77. The minimum atomic E-state index is -0.391. The Balaban J connectivity index is 2.16. The molecule has 0 atom stereocenters. The largest absolute Gasteiger partial charge is 0.454 e. The van der Waals surface area contributed by atoms with E-state index in [-0.39, 0.29) is 13.4 Å². The number of benzene rings is 1. The third kappa shape index (κ3) is 1.94. The summed E-state index contributed by atoms with van der Waals surface area (Å²) in [7, 11) is 1.93. The molecule has 0 fully saturated rings. The van der Waals surface area contributed by atoms with Crippen LogP contribution in [0.15, 0.2) is 24.4 Å². The van der Waals surface area contributed by atoms with Crippen molar-refractivity contribution in [2.75, 3.05) is 25.3 Å². The summed E-state index contributed by atoms with van der Waals surface area (Å²) >= 11 is 0. The highest BCUT2D eigenvalue weighted by Crippen LogP contribution is 2.39. The number of pyridine rings is 1. The van der Waals surface area contributed by atoms with Crippen molar-refractivity contribution in [2.24, 2.45) is 0 Å². The number of anilines is 1. The quantitative estimate of drug-likeness (QED) is 0.929. The summed E-state index contributed by atoms with van der Waals surface area (Å²) in [6, 6.07) is 5.85. The molecule has 0 aliphatic carbocycles. The minimum Gasteiger partial charge on any atom is -0.454 e. The molecule has 2 aromatic rings. The minimum absolute atomic E-state index is 0.0477. The van der Waals surface area contributed by atoms with Gasteiger partial charge in [-0.05, 0) is 37.4 Å². The van der Waals surface area contributed by atoms with Crippen LogP contribution in [0.2, 0.25) is 0 Å². The summed E-state index contributed by atoms with van der Waals surface area (Å²) in [6.45, 7) is 4.25. The van der Waals surface area contributed by atoms with Crippen molar-refractivity contribution in [3.63, 3.8) is 0 Å². The van der Waals surface area contributed by atoms with Crippen LogP contribution < -0.4 is 14.4 Å². The van der Waals surface area contributed by atoms with Gasteiger partial charge in [0, 0.05) is 18.6 Å². The number of aliphatic hydroxyl groups excluding tert-OH is 1. The lowest BCUT2D eigenvalue weighted by Crippen LogP contribution is -2.44. The van der Waals surface area contributed by atoms with Crippen molar-refractivity contribution in [1.29, 1.82) is 0 Å². The zero-order valence-electron chi connectivity index (χ0n) is 11.9. The molecule has 1 aliphatic heterocycles. The van der Waals surface area contributed by atoms with Gasteiger partial charge in [0.15, 0.2) is 11.5 Å². The van der Waals surface area contributed by atoms with Crippen molar-refractivity contribution < 1.29 is 14.6 Å². The molecule has 0 radical (unpaired) electrons. The van der Waals surface area contributed by atoms with Crippen molar-refractivity contribution in [1.82, 2.24) is 4.98 Å². The third-order valence-corrected chi connectivity index (χ3v) is 3.85. The molecule has 1 N–H and O–H groups in total. The molecule has 20 heavy (non-hydrogen) atoms. The van der Waals surface area contributed by atoms with E-state index in [0.717, 1.165) is 28.1 Å². The van der Waals surface area contributed by atoms with Crippen LogP contribution in [-0.2, 0) is 0 Å². The van der Waals surface area contributed by atoms with Gasteiger partial charge in [0.25, 0.3) is 0 Å².